The van der Waals surface area contributed by atoms with Gasteiger partial charge in [0, 0.05) is 18.3 Å². The molecule has 3 aliphatic rings. The second-order valence-corrected chi connectivity index (χ2v) is 12.2. The number of amides is 1. The van der Waals surface area contributed by atoms with E-state index in [4.69, 9.17) is 24.7 Å². The Labute approximate surface area is 260 Å². The molecule has 5 rings (SSSR count). The minimum absolute atomic E-state index is 0.0465. The van der Waals surface area contributed by atoms with E-state index in [-0.39, 0.29) is 42.9 Å². The first-order valence-electron chi connectivity index (χ1n) is 16.1. The molecule has 44 heavy (non-hydrogen) atoms. The van der Waals surface area contributed by atoms with Gasteiger partial charge in [-0.2, -0.15) is 0 Å². The van der Waals surface area contributed by atoms with Crippen LogP contribution in [0, 0.1) is 18.8 Å². The molecule has 2 aromatic carbocycles. The highest BCUT2D eigenvalue weighted by molar-refractivity contribution is 5.81. The molecule has 240 valence electrons. The molecule has 10 heteroatoms. The predicted octanol–water partition coefficient (Wildman–Crippen LogP) is 4.59. The Hall–Kier alpha value is -3.50. The smallest absolute Gasteiger partial charge is 0.310 e. The molecule has 2 aromatic rings. The number of carbonyl (C=O) groups is 2. The number of phenols is 1. The van der Waals surface area contributed by atoms with Crippen molar-refractivity contribution in [3.63, 3.8) is 0 Å². The van der Waals surface area contributed by atoms with Gasteiger partial charge in [-0.15, -0.1) is 0 Å². The number of benzene rings is 2. The fraction of sp³-hybridized carbons (Fsp3) is 0.588. The second kappa shape index (κ2) is 15.0. The number of unbranched alkanes of at least 4 members (excludes halogenated alkanes) is 6. The van der Waals surface area contributed by atoms with Crippen LogP contribution in [0.25, 0.3) is 0 Å². The minimum atomic E-state index is -0.522. The number of esters is 1. The van der Waals surface area contributed by atoms with Crippen molar-refractivity contribution < 1.29 is 33.6 Å². The average molecular weight is 610 g/mol. The second-order valence-electron chi connectivity index (χ2n) is 12.2. The molecule has 0 aromatic heterocycles. The molecule has 2 aliphatic heterocycles. The number of methoxy groups -OCH3 is 1. The summed E-state index contributed by atoms with van der Waals surface area (Å²) in [6.07, 6.45) is 9.36. The van der Waals surface area contributed by atoms with Gasteiger partial charge in [0.05, 0.1) is 25.7 Å². The standard InChI is InChI=1S/C34H47N3O7/c1-21-15-22(16-28(41-2)33(21)39)30-23-17-26-27(44-20-43-26)18-24(23)32(25-19-42-34(40)31(25)30)37-29(38)11-7-10-14-36-13-9-6-4-3-5-8-12-35/h15-18,25,30-32,36,39H,3-14,19-20,35H2,1-2H3,(H,37,38)/t25-,30?,31-,32+/m0/s1. The number of nitrogens with one attached hydrogen (secondary N) is 2. The van der Waals surface area contributed by atoms with E-state index in [0.29, 0.717) is 29.2 Å². The number of nitrogens with two attached hydrogens (primary N) is 1. The first-order valence-corrected chi connectivity index (χ1v) is 16.1. The summed E-state index contributed by atoms with van der Waals surface area (Å²) >= 11 is 0. The van der Waals surface area contributed by atoms with Gasteiger partial charge >= 0.3 is 5.97 Å². The molecule has 1 unspecified atom stereocenters. The molecule has 0 saturated carbocycles. The first kappa shape index (κ1) is 31.9. The minimum Gasteiger partial charge on any atom is -0.504 e. The molecule has 4 atom stereocenters. The maximum atomic E-state index is 13.3. The van der Waals surface area contributed by atoms with Crippen molar-refractivity contribution in [1.29, 1.82) is 0 Å². The molecule has 1 amide bonds. The first-order chi connectivity index (χ1) is 21.4. The number of hydrogen-bond donors (Lipinski definition) is 4. The predicted molar refractivity (Wildman–Crippen MR) is 166 cm³/mol. The maximum absolute atomic E-state index is 13.3. The quantitative estimate of drug-likeness (QED) is 0.159. The van der Waals surface area contributed by atoms with Gasteiger partial charge in [-0.25, -0.2) is 0 Å². The van der Waals surface area contributed by atoms with E-state index >= 15 is 0 Å². The number of ether oxygens (including phenoxy) is 4. The summed E-state index contributed by atoms with van der Waals surface area (Å²) in [6, 6.07) is 7.10. The number of fused-ring (bicyclic) bond motifs is 3. The van der Waals surface area contributed by atoms with E-state index in [1.165, 1.54) is 39.2 Å². The van der Waals surface area contributed by atoms with Gasteiger partial charge in [0.25, 0.3) is 0 Å². The molecule has 0 radical (unpaired) electrons. The third kappa shape index (κ3) is 7.07. The van der Waals surface area contributed by atoms with E-state index < -0.39 is 12.0 Å². The van der Waals surface area contributed by atoms with Crippen LogP contribution in [0.4, 0.5) is 0 Å². The number of carbonyl (C=O) groups excluding carboxylic acids is 2. The summed E-state index contributed by atoms with van der Waals surface area (Å²) in [5, 5.41) is 17.2. The van der Waals surface area contributed by atoms with Crippen molar-refractivity contribution in [3.05, 3.63) is 46.5 Å². The Morgan fingerprint density at radius 3 is 2.36 bits per heavy atom. The molecule has 0 spiro atoms. The Bertz CT molecular complexity index is 1320. The van der Waals surface area contributed by atoms with Gasteiger partial charge in [-0.3, -0.25) is 9.59 Å². The van der Waals surface area contributed by atoms with Crippen molar-refractivity contribution in [3.8, 4) is 23.0 Å². The van der Waals surface area contributed by atoms with E-state index in [1.807, 2.05) is 18.2 Å². The molecular formula is C34H47N3O7. The summed E-state index contributed by atoms with van der Waals surface area (Å²) < 4.78 is 22.5. The number of aromatic hydroxyl groups is 1. The molecular weight excluding hydrogens is 562 g/mol. The van der Waals surface area contributed by atoms with Crippen molar-refractivity contribution in [1.82, 2.24) is 10.6 Å². The van der Waals surface area contributed by atoms with Crippen molar-refractivity contribution in [2.75, 3.05) is 40.1 Å². The number of cyclic esters (lactones) is 1. The van der Waals surface area contributed by atoms with Gasteiger partial charge in [0.15, 0.2) is 23.0 Å². The molecule has 5 N–H and O–H groups in total. The van der Waals surface area contributed by atoms with E-state index in [9.17, 15) is 14.7 Å². The monoisotopic (exact) mass is 609 g/mol. The molecule has 1 aliphatic carbocycles. The highest BCUT2D eigenvalue weighted by atomic mass is 16.7. The number of hydrogen-bond acceptors (Lipinski definition) is 9. The maximum Gasteiger partial charge on any atom is 0.310 e. The van der Waals surface area contributed by atoms with Gasteiger partial charge < -0.3 is 40.4 Å². The lowest BCUT2D eigenvalue weighted by Gasteiger charge is -2.39. The van der Waals surface area contributed by atoms with Crippen LogP contribution in [-0.2, 0) is 14.3 Å². The van der Waals surface area contributed by atoms with Crippen LogP contribution in [0.5, 0.6) is 23.0 Å². The van der Waals surface area contributed by atoms with Crippen LogP contribution in [0.3, 0.4) is 0 Å². The number of rotatable bonds is 16. The van der Waals surface area contributed by atoms with E-state index in [1.54, 1.807) is 13.0 Å². The summed E-state index contributed by atoms with van der Waals surface area (Å²) in [6.45, 7) is 4.81. The average Bonchev–Trinajstić information content (AvgIpc) is 3.64. The molecule has 1 fully saturated rings. The molecule has 10 nitrogen and oxygen atoms in total. The van der Waals surface area contributed by atoms with Crippen LogP contribution in [-0.4, -0.2) is 57.1 Å². The van der Waals surface area contributed by atoms with Crippen LogP contribution in [0.2, 0.25) is 0 Å². The summed E-state index contributed by atoms with van der Waals surface area (Å²) in [7, 11) is 1.51. The number of aryl methyl sites for hydroxylation is 1. The Morgan fingerprint density at radius 1 is 0.955 bits per heavy atom. The van der Waals surface area contributed by atoms with Crippen LogP contribution < -0.4 is 30.6 Å². The van der Waals surface area contributed by atoms with Gasteiger partial charge in [-0.1, -0.05) is 31.7 Å². The SMILES string of the molecule is COc1cc(C2c3cc4c(cc3[C@@H](NC(=O)CCCCNCCCCCCCCN)[C@H]3COC(=O)[C@H]23)OCO4)cc(C)c1O. The third-order valence-corrected chi connectivity index (χ3v) is 9.19. The largest absolute Gasteiger partial charge is 0.504 e. The Morgan fingerprint density at radius 2 is 1.64 bits per heavy atom. The zero-order chi connectivity index (χ0) is 31.1. The van der Waals surface area contributed by atoms with Crippen LogP contribution in [0.1, 0.15) is 92.0 Å². The van der Waals surface area contributed by atoms with Crippen molar-refractivity contribution >= 4 is 11.9 Å². The van der Waals surface area contributed by atoms with Crippen LogP contribution >= 0.6 is 0 Å². The van der Waals surface area contributed by atoms with Gasteiger partial charge in [0.1, 0.15) is 0 Å². The third-order valence-electron chi connectivity index (χ3n) is 9.19. The summed E-state index contributed by atoms with van der Waals surface area (Å²) in [5.74, 6) is 0.123. The fourth-order valence-corrected chi connectivity index (χ4v) is 6.86. The lowest BCUT2D eigenvalue weighted by atomic mass is 9.65. The number of phenolic OH excluding ortho intramolecular Hbond substituents is 1. The summed E-state index contributed by atoms with van der Waals surface area (Å²) in [4.78, 5) is 26.5. The van der Waals surface area contributed by atoms with Crippen LogP contribution in [0.15, 0.2) is 24.3 Å². The molecule has 2 heterocycles. The topological polar surface area (TPSA) is 141 Å². The van der Waals surface area contributed by atoms with E-state index in [2.05, 4.69) is 10.6 Å². The highest BCUT2D eigenvalue weighted by Gasteiger charge is 2.53. The lowest BCUT2D eigenvalue weighted by molar-refractivity contribution is -0.141. The zero-order valence-electron chi connectivity index (χ0n) is 26.0. The molecule has 0 bridgehead atoms. The Balaban J connectivity index is 1.25. The zero-order valence-corrected chi connectivity index (χ0v) is 26.0. The Kier molecular flexibility index (Phi) is 10.9. The van der Waals surface area contributed by atoms with Gasteiger partial charge in [-0.05, 0) is 92.7 Å². The van der Waals surface area contributed by atoms with Gasteiger partial charge in [0.2, 0.25) is 12.7 Å². The normalized spacial score (nSPS) is 21.5. The molecule has 1 saturated heterocycles. The van der Waals surface area contributed by atoms with Crippen molar-refractivity contribution in [2.45, 2.75) is 76.7 Å². The lowest BCUT2D eigenvalue weighted by Crippen LogP contribution is -2.42. The highest BCUT2D eigenvalue weighted by Crippen LogP contribution is 2.55. The van der Waals surface area contributed by atoms with E-state index in [0.717, 1.165) is 55.6 Å². The summed E-state index contributed by atoms with van der Waals surface area (Å²) in [5.41, 5.74) is 8.78. The fourth-order valence-electron chi connectivity index (χ4n) is 6.86. The van der Waals surface area contributed by atoms with Crippen molar-refractivity contribution in [2.24, 2.45) is 17.6 Å².